The Labute approximate surface area is 193 Å². The smallest absolute Gasteiger partial charge is 0.338 e. The van der Waals surface area contributed by atoms with Gasteiger partial charge in [0, 0.05) is 14.1 Å². The van der Waals surface area contributed by atoms with Crippen LogP contribution in [-0.4, -0.2) is 38.2 Å². The molecule has 0 saturated carbocycles. The minimum absolute atomic E-state index is 0.0607. The maximum absolute atomic E-state index is 14.7. The number of rotatable bonds is 7. The quantitative estimate of drug-likeness (QED) is 0.475. The molecule has 12 heteroatoms. The van der Waals surface area contributed by atoms with E-state index in [4.69, 9.17) is 28.6 Å². The molecule has 2 atom stereocenters. The molecule has 2 rings (SSSR count). The fourth-order valence-electron chi connectivity index (χ4n) is 2.98. The second-order valence-corrected chi connectivity index (χ2v) is 7.95. The molecule has 0 aliphatic rings. The first-order chi connectivity index (χ1) is 15.0. The van der Waals surface area contributed by atoms with Crippen LogP contribution in [0.15, 0.2) is 21.7 Å². The molecule has 1 aromatic heterocycles. The second kappa shape index (κ2) is 10.2. The van der Waals surface area contributed by atoms with E-state index in [1.807, 2.05) is 6.92 Å². The lowest BCUT2D eigenvalue weighted by Gasteiger charge is -2.23. The summed E-state index contributed by atoms with van der Waals surface area (Å²) in [6.45, 7) is 5.38. The minimum atomic E-state index is -0.994. The lowest BCUT2D eigenvalue weighted by atomic mass is 9.98. The van der Waals surface area contributed by atoms with Crippen LogP contribution in [0, 0.1) is 16.5 Å². The van der Waals surface area contributed by atoms with Gasteiger partial charge in [-0.25, -0.2) is 23.3 Å². The van der Waals surface area contributed by atoms with E-state index in [-0.39, 0.29) is 27.9 Å². The number of aromatic nitrogens is 3. The summed E-state index contributed by atoms with van der Waals surface area (Å²) >= 11 is 11.1. The number of nitrogens with one attached hydrogen (secondary N) is 1. The number of esters is 1. The van der Waals surface area contributed by atoms with Gasteiger partial charge in [0.2, 0.25) is 0 Å². The summed E-state index contributed by atoms with van der Waals surface area (Å²) in [7, 11) is 2.66. The summed E-state index contributed by atoms with van der Waals surface area (Å²) in [6, 6.07) is 0.837. The van der Waals surface area contributed by atoms with Crippen molar-refractivity contribution in [3.8, 4) is 5.69 Å². The highest BCUT2D eigenvalue weighted by atomic mass is 35.5. The molecule has 0 bridgehead atoms. The summed E-state index contributed by atoms with van der Waals surface area (Å²) < 4.78 is 22.2. The zero-order valence-corrected chi connectivity index (χ0v) is 19.8. The van der Waals surface area contributed by atoms with Crippen LogP contribution in [0.5, 0.6) is 0 Å². The Balaban J connectivity index is 2.63. The van der Waals surface area contributed by atoms with E-state index in [0.29, 0.717) is 11.0 Å². The van der Waals surface area contributed by atoms with E-state index >= 15 is 0 Å². The van der Waals surface area contributed by atoms with Crippen LogP contribution in [0.1, 0.15) is 37.6 Å². The van der Waals surface area contributed by atoms with Gasteiger partial charge in [0.05, 0.1) is 22.9 Å². The molecule has 0 aliphatic carbocycles. The zero-order valence-electron chi connectivity index (χ0n) is 18.3. The van der Waals surface area contributed by atoms with Crippen molar-refractivity contribution in [3.05, 3.63) is 54.3 Å². The second-order valence-electron chi connectivity index (χ2n) is 7.17. The van der Waals surface area contributed by atoms with Crippen LogP contribution in [0.2, 0.25) is 5.02 Å². The zero-order chi connectivity index (χ0) is 24.3. The highest BCUT2D eigenvalue weighted by molar-refractivity contribution is 7.71. The molecule has 2 aromatic rings. The molecule has 32 heavy (non-hydrogen) atoms. The number of amides is 1. The number of carbonyl (C=O) groups is 2. The molecular weight excluding hydrogens is 463 g/mol. The average molecular weight is 487 g/mol. The summed E-state index contributed by atoms with van der Waals surface area (Å²) in [5.74, 6) is -2.66. The Morgan fingerprint density at radius 2 is 1.75 bits per heavy atom. The highest BCUT2D eigenvalue weighted by Crippen LogP contribution is 2.23. The van der Waals surface area contributed by atoms with Gasteiger partial charge in [0.1, 0.15) is 11.9 Å². The van der Waals surface area contributed by atoms with Gasteiger partial charge in [-0.15, -0.1) is 0 Å². The van der Waals surface area contributed by atoms with Gasteiger partial charge in [-0.2, -0.15) is 0 Å². The van der Waals surface area contributed by atoms with Crippen LogP contribution in [-0.2, 0) is 23.6 Å². The third-order valence-electron chi connectivity index (χ3n) is 5.09. The van der Waals surface area contributed by atoms with Crippen LogP contribution < -0.4 is 16.7 Å². The predicted molar refractivity (Wildman–Crippen MR) is 119 cm³/mol. The van der Waals surface area contributed by atoms with Gasteiger partial charge >= 0.3 is 17.3 Å². The predicted octanol–water partition coefficient (Wildman–Crippen LogP) is 2.10. The molecule has 1 aromatic carbocycles. The summed E-state index contributed by atoms with van der Waals surface area (Å²) in [5, 5.41) is 2.30. The Morgan fingerprint density at radius 1 is 1.19 bits per heavy atom. The Bertz CT molecular complexity index is 1200. The molecule has 1 N–H and O–H groups in total. The number of carbonyl (C=O) groups excluding carboxylic acids is 2. The maximum Gasteiger partial charge on any atom is 0.338 e. The van der Waals surface area contributed by atoms with Crippen molar-refractivity contribution in [2.45, 2.75) is 33.2 Å². The van der Waals surface area contributed by atoms with E-state index in [0.717, 1.165) is 21.3 Å². The molecule has 1 amide bonds. The monoisotopic (exact) mass is 486 g/mol. The average Bonchev–Trinajstić information content (AvgIpc) is 2.75. The Hall–Kier alpha value is -2.79. The third-order valence-corrected chi connectivity index (χ3v) is 5.95. The fourth-order valence-corrected chi connectivity index (χ4v) is 3.37. The topological polar surface area (TPSA) is 104 Å². The first-order valence-electron chi connectivity index (χ1n) is 9.82. The molecule has 0 spiro atoms. The van der Waals surface area contributed by atoms with Crippen molar-refractivity contribution in [1.29, 1.82) is 0 Å². The van der Waals surface area contributed by atoms with Gasteiger partial charge in [0.25, 0.3) is 5.91 Å². The number of ether oxygens (including phenoxy) is 1. The van der Waals surface area contributed by atoms with Crippen molar-refractivity contribution in [2.24, 2.45) is 20.0 Å². The number of hydrogen-bond donors (Lipinski definition) is 1. The fraction of sp³-hybridized carbons (Fsp3) is 0.450. The largest absolute Gasteiger partial charge is 0.464 e. The third kappa shape index (κ3) is 4.83. The van der Waals surface area contributed by atoms with Crippen LogP contribution in [0.4, 0.5) is 4.39 Å². The van der Waals surface area contributed by atoms with E-state index in [1.165, 1.54) is 14.1 Å². The van der Waals surface area contributed by atoms with E-state index in [2.05, 4.69) is 5.32 Å². The molecular formula is C20H24ClFN4O5S. The van der Waals surface area contributed by atoms with E-state index < -0.39 is 40.8 Å². The lowest BCUT2D eigenvalue weighted by molar-refractivity contribution is -0.146. The highest BCUT2D eigenvalue weighted by Gasteiger charge is 2.29. The SMILES string of the molecule is CCOC(=O)[C@@H](NC(=O)c1cc(-n2c(=O)n(C)c(=S)n(C)c2=O)c(F)cc1Cl)[C@@H](C)CC. The standard InChI is InChI=1S/C20H24ClFN4O5S/c1-6-10(3)15(17(28)31-7-2)23-16(27)11-8-14(13(22)9-12(11)21)26-18(29)24(4)20(32)25(5)19(26)30/h8-10,15H,6-7H2,1-5H3,(H,23,27)/t10-,15-/m0/s1. The van der Waals surface area contributed by atoms with Crippen LogP contribution in [0.25, 0.3) is 5.69 Å². The molecule has 174 valence electrons. The molecule has 0 unspecified atom stereocenters. The number of hydrogen-bond acceptors (Lipinski definition) is 6. The normalized spacial score (nSPS) is 12.8. The van der Waals surface area contributed by atoms with Crippen molar-refractivity contribution in [3.63, 3.8) is 0 Å². The molecule has 0 fully saturated rings. The van der Waals surface area contributed by atoms with Gasteiger partial charge < -0.3 is 10.1 Å². The van der Waals surface area contributed by atoms with Crippen molar-refractivity contribution >= 4 is 35.7 Å². The van der Waals surface area contributed by atoms with Crippen molar-refractivity contribution in [1.82, 2.24) is 19.0 Å². The molecule has 0 saturated heterocycles. The number of benzene rings is 1. The Morgan fingerprint density at radius 3 is 2.25 bits per heavy atom. The summed E-state index contributed by atoms with van der Waals surface area (Å²) in [4.78, 5) is 50.5. The van der Waals surface area contributed by atoms with E-state index in [1.54, 1.807) is 13.8 Å². The molecule has 1 heterocycles. The minimum Gasteiger partial charge on any atom is -0.464 e. The summed E-state index contributed by atoms with van der Waals surface area (Å²) in [5.41, 5.74) is -2.49. The summed E-state index contributed by atoms with van der Waals surface area (Å²) in [6.07, 6.45) is 0.571. The van der Waals surface area contributed by atoms with Crippen molar-refractivity contribution in [2.75, 3.05) is 6.61 Å². The van der Waals surface area contributed by atoms with Crippen LogP contribution >= 0.6 is 23.8 Å². The maximum atomic E-state index is 14.7. The van der Waals surface area contributed by atoms with Crippen molar-refractivity contribution < 1.29 is 18.7 Å². The number of nitrogens with zero attached hydrogens (tertiary/aromatic N) is 3. The first-order valence-corrected chi connectivity index (χ1v) is 10.6. The Kier molecular flexibility index (Phi) is 8.13. The van der Waals surface area contributed by atoms with Gasteiger partial charge in [-0.1, -0.05) is 31.9 Å². The van der Waals surface area contributed by atoms with Crippen LogP contribution in [0.3, 0.4) is 0 Å². The lowest BCUT2D eigenvalue weighted by Crippen LogP contribution is -2.46. The van der Waals surface area contributed by atoms with E-state index in [9.17, 15) is 23.6 Å². The van der Waals surface area contributed by atoms with Gasteiger partial charge in [0.15, 0.2) is 4.77 Å². The molecule has 0 radical (unpaired) electrons. The molecule has 0 aliphatic heterocycles. The van der Waals surface area contributed by atoms with Gasteiger partial charge in [-0.3, -0.25) is 13.9 Å². The van der Waals surface area contributed by atoms with Gasteiger partial charge in [-0.05, 0) is 37.2 Å². The number of halogens is 2. The molecule has 9 nitrogen and oxygen atoms in total. The first kappa shape index (κ1) is 25.5.